The Bertz CT molecular complexity index is 901. The number of nitrogens with one attached hydrogen (secondary N) is 2. The number of fused-ring (bicyclic) bond motifs is 1. The summed E-state index contributed by atoms with van der Waals surface area (Å²) in [5.74, 6) is -0.711. The van der Waals surface area contributed by atoms with Gasteiger partial charge in [0.05, 0.1) is 22.3 Å². The van der Waals surface area contributed by atoms with E-state index in [9.17, 15) is 12.8 Å². The second-order valence-corrected chi connectivity index (χ2v) is 6.14. The zero-order chi connectivity index (χ0) is 15.0. The van der Waals surface area contributed by atoms with E-state index in [2.05, 4.69) is 14.9 Å². The number of nitrogens with two attached hydrogens (primary N) is 1. The molecule has 3 aromatic rings. The first-order chi connectivity index (χ1) is 9.95. The van der Waals surface area contributed by atoms with Crippen molar-refractivity contribution >= 4 is 32.3 Å². The van der Waals surface area contributed by atoms with Crippen molar-refractivity contribution in [3.8, 4) is 0 Å². The first-order valence-electron chi connectivity index (χ1n) is 5.97. The lowest BCUT2D eigenvalue weighted by molar-refractivity contribution is 0.595. The highest BCUT2D eigenvalue weighted by Crippen LogP contribution is 2.25. The zero-order valence-electron chi connectivity index (χ0n) is 10.7. The minimum atomic E-state index is -3.94. The molecule has 0 spiro atoms. The predicted molar refractivity (Wildman–Crippen MR) is 77.7 cm³/mol. The Morgan fingerprint density at radius 2 is 2.05 bits per heavy atom. The molecule has 0 fully saturated rings. The van der Waals surface area contributed by atoms with Gasteiger partial charge in [0, 0.05) is 11.1 Å². The monoisotopic (exact) mass is 306 g/mol. The number of nitrogens with zero attached hydrogens (tertiary/aromatic N) is 1. The largest absolute Gasteiger partial charge is 0.399 e. The maximum atomic E-state index is 13.3. The molecule has 8 heteroatoms. The standard InChI is InChI=1S/C13H11FN4O2S/c14-8-4-9(15)6-10(5-8)21(19,20)18-13-3-1-2-12-11(13)7-16-17-12/h1-7,18H,15H2,(H,16,17). The smallest absolute Gasteiger partial charge is 0.262 e. The first-order valence-corrected chi connectivity index (χ1v) is 7.45. The summed E-state index contributed by atoms with van der Waals surface area (Å²) in [7, 11) is -3.94. The molecule has 0 unspecified atom stereocenters. The van der Waals surface area contributed by atoms with Crippen LogP contribution in [0.1, 0.15) is 0 Å². The van der Waals surface area contributed by atoms with Crippen molar-refractivity contribution in [2.75, 3.05) is 10.5 Å². The third-order valence-corrected chi connectivity index (χ3v) is 4.28. The molecule has 0 saturated heterocycles. The van der Waals surface area contributed by atoms with Crippen LogP contribution >= 0.6 is 0 Å². The lowest BCUT2D eigenvalue weighted by Crippen LogP contribution is -2.13. The molecule has 0 aliphatic carbocycles. The highest BCUT2D eigenvalue weighted by Gasteiger charge is 2.17. The number of hydrogen-bond acceptors (Lipinski definition) is 4. The van der Waals surface area contributed by atoms with Crippen molar-refractivity contribution in [3.05, 3.63) is 48.4 Å². The number of halogens is 1. The highest BCUT2D eigenvalue weighted by molar-refractivity contribution is 7.92. The van der Waals surface area contributed by atoms with E-state index in [1.165, 1.54) is 12.3 Å². The van der Waals surface area contributed by atoms with Crippen molar-refractivity contribution < 1.29 is 12.8 Å². The number of nitrogen functional groups attached to an aromatic ring is 1. The van der Waals surface area contributed by atoms with Gasteiger partial charge in [0.2, 0.25) is 0 Å². The van der Waals surface area contributed by atoms with E-state index in [0.717, 1.165) is 12.1 Å². The quantitative estimate of drug-likeness (QED) is 0.645. The van der Waals surface area contributed by atoms with Crippen LogP contribution in [0, 0.1) is 5.82 Å². The molecule has 6 nitrogen and oxygen atoms in total. The van der Waals surface area contributed by atoms with Gasteiger partial charge in [0.1, 0.15) is 5.82 Å². The maximum absolute atomic E-state index is 13.3. The molecule has 0 radical (unpaired) electrons. The molecule has 4 N–H and O–H groups in total. The molecule has 0 aliphatic rings. The molecule has 1 aromatic heterocycles. The summed E-state index contributed by atoms with van der Waals surface area (Å²) in [4.78, 5) is -0.236. The molecule has 0 bridgehead atoms. The van der Waals surface area contributed by atoms with E-state index in [4.69, 9.17) is 5.73 Å². The van der Waals surface area contributed by atoms with Gasteiger partial charge in [0.25, 0.3) is 10.0 Å². The summed E-state index contributed by atoms with van der Waals surface area (Å²) < 4.78 is 40.3. The fourth-order valence-corrected chi connectivity index (χ4v) is 3.14. The van der Waals surface area contributed by atoms with Gasteiger partial charge in [0.15, 0.2) is 0 Å². The van der Waals surface area contributed by atoms with E-state index in [-0.39, 0.29) is 10.6 Å². The molecule has 0 saturated carbocycles. The summed E-state index contributed by atoms with van der Waals surface area (Å²) in [6.45, 7) is 0. The van der Waals surface area contributed by atoms with Crippen molar-refractivity contribution in [2.45, 2.75) is 4.90 Å². The van der Waals surface area contributed by atoms with Gasteiger partial charge in [-0.2, -0.15) is 5.10 Å². The minimum Gasteiger partial charge on any atom is -0.399 e. The SMILES string of the molecule is Nc1cc(F)cc(S(=O)(=O)Nc2cccc3[nH]ncc23)c1. The summed E-state index contributed by atoms with van der Waals surface area (Å²) >= 11 is 0. The van der Waals surface area contributed by atoms with Crippen LogP contribution in [-0.4, -0.2) is 18.6 Å². The summed E-state index contributed by atoms with van der Waals surface area (Å²) in [5.41, 5.74) is 6.55. The summed E-state index contributed by atoms with van der Waals surface area (Å²) in [5, 5.41) is 7.21. The molecule has 3 rings (SSSR count). The van der Waals surface area contributed by atoms with E-state index in [0.29, 0.717) is 16.6 Å². The van der Waals surface area contributed by atoms with Crippen LogP contribution in [0.3, 0.4) is 0 Å². The first kappa shape index (κ1) is 13.4. The minimum absolute atomic E-state index is 0.0388. The van der Waals surface area contributed by atoms with Crippen LogP contribution in [0.25, 0.3) is 10.9 Å². The second kappa shape index (κ2) is 4.74. The van der Waals surface area contributed by atoms with Crippen LogP contribution in [0.4, 0.5) is 15.8 Å². The Hall–Kier alpha value is -2.61. The topological polar surface area (TPSA) is 101 Å². The van der Waals surface area contributed by atoms with Crippen LogP contribution in [0.2, 0.25) is 0 Å². The van der Waals surface area contributed by atoms with Crippen LogP contribution in [-0.2, 0) is 10.0 Å². The van der Waals surface area contributed by atoms with E-state index < -0.39 is 15.8 Å². The Morgan fingerprint density at radius 3 is 2.81 bits per heavy atom. The highest BCUT2D eigenvalue weighted by atomic mass is 32.2. The van der Waals surface area contributed by atoms with Gasteiger partial charge in [-0.05, 0) is 30.3 Å². The summed E-state index contributed by atoms with van der Waals surface area (Å²) in [6.07, 6.45) is 1.51. The third-order valence-electron chi connectivity index (χ3n) is 2.93. The number of hydrogen-bond donors (Lipinski definition) is 3. The predicted octanol–water partition coefficient (Wildman–Crippen LogP) is 2.08. The van der Waals surface area contributed by atoms with Crippen LogP contribution < -0.4 is 10.5 Å². The average molecular weight is 306 g/mol. The van der Waals surface area contributed by atoms with Crippen molar-refractivity contribution in [1.29, 1.82) is 0 Å². The van der Waals surface area contributed by atoms with Gasteiger partial charge in [-0.15, -0.1) is 0 Å². The van der Waals surface area contributed by atoms with Gasteiger partial charge in [-0.1, -0.05) is 6.07 Å². The molecule has 0 amide bonds. The Balaban J connectivity index is 2.05. The zero-order valence-corrected chi connectivity index (χ0v) is 11.5. The van der Waals surface area contributed by atoms with E-state index in [1.54, 1.807) is 18.2 Å². The number of rotatable bonds is 3. The average Bonchev–Trinajstić information content (AvgIpc) is 2.86. The van der Waals surface area contributed by atoms with E-state index in [1.807, 2.05) is 0 Å². The maximum Gasteiger partial charge on any atom is 0.262 e. The molecule has 1 heterocycles. The number of H-pyrrole nitrogens is 1. The van der Waals surface area contributed by atoms with Gasteiger partial charge < -0.3 is 5.73 Å². The number of aromatic amines is 1. The lowest BCUT2D eigenvalue weighted by atomic mass is 10.2. The lowest BCUT2D eigenvalue weighted by Gasteiger charge is -2.09. The molecular weight excluding hydrogens is 295 g/mol. The van der Waals surface area contributed by atoms with Crippen molar-refractivity contribution in [1.82, 2.24) is 10.2 Å². The fourth-order valence-electron chi connectivity index (χ4n) is 2.00. The Morgan fingerprint density at radius 1 is 1.24 bits per heavy atom. The van der Waals surface area contributed by atoms with Crippen LogP contribution in [0.5, 0.6) is 0 Å². The Kier molecular flexibility index (Phi) is 3.02. The molecule has 108 valence electrons. The normalized spacial score (nSPS) is 11.7. The van der Waals surface area contributed by atoms with E-state index >= 15 is 0 Å². The van der Waals surface area contributed by atoms with Crippen LogP contribution in [0.15, 0.2) is 47.5 Å². The molecule has 0 atom stereocenters. The molecular formula is C13H11FN4O2S. The van der Waals surface area contributed by atoms with Gasteiger partial charge >= 0.3 is 0 Å². The number of aromatic nitrogens is 2. The molecule has 2 aromatic carbocycles. The third kappa shape index (κ3) is 2.52. The van der Waals surface area contributed by atoms with Crippen molar-refractivity contribution in [3.63, 3.8) is 0 Å². The number of sulfonamides is 1. The second-order valence-electron chi connectivity index (χ2n) is 4.46. The van der Waals surface area contributed by atoms with Gasteiger partial charge in [-0.3, -0.25) is 9.82 Å². The molecule has 0 aliphatic heterocycles. The Labute approximate surface area is 119 Å². The molecule has 21 heavy (non-hydrogen) atoms. The van der Waals surface area contributed by atoms with Gasteiger partial charge in [-0.25, -0.2) is 12.8 Å². The number of benzene rings is 2. The summed E-state index contributed by atoms with van der Waals surface area (Å²) in [6, 6.07) is 8.20. The fraction of sp³-hybridized carbons (Fsp3) is 0. The van der Waals surface area contributed by atoms with Crippen molar-refractivity contribution in [2.24, 2.45) is 0 Å². The number of anilines is 2.